The van der Waals surface area contributed by atoms with Crippen molar-refractivity contribution in [3.63, 3.8) is 0 Å². The van der Waals surface area contributed by atoms with E-state index in [9.17, 15) is 13.2 Å². The fourth-order valence-electron chi connectivity index (χ4n) is 0.131. The molecular weight excluding hydrogens is 266 g/mol. The van der Waals surface area contributed by atoms with Crippen LogP contribution >= 0.6 is 34.8 Å². The summed E-state index contributed by atoms with van der Waals surface area (Å²) < 4.78 is 31.8. The second kappa shape index (κ2) is 3.05. The van der Waals surface area contributed by atoms with E-state index in [0.717, 1.165) is 0 Å². The molecular formula is C2Cl3F3Se. The Labute approximate surface area is 70.8 Å². The van der Waals surface area contributed by atoms with Gasteiger partial charge < -0.3 is 0 Å². The SMILES string of the molecule is FC(F)(F)[Se]C(Cl)(Cl)Cl. The van der Waals surface area contributed by atoms with Crippen LogP contribution in [0.5, 0.6) is 0 Å². The summed E-state index contributed by atoms with van der Waals surface area (Å²) in [4.78, 5) is 0. The van der Waals surface area contributed by atoms with Gasteiger partial charge in [-0.3, -0.25) is 0 Å². The van der Waals surface area contributed by atoms with E-state index in [1.54, 1.807) is 0 Å². The summed E-state index contributed by atoms with van der Waals surface area (Å²) in [6.45, 7) is 0. The van der Waals surface area contributed by atoms with E-state index >= 15 is 0 Å². The Bertz CT molecular complexity index is 82.2. The quantitative estimate of drug-likeness (QED) is 0.467. The molecule has 56 valence electrons. The third kappa shape index (κ3) is 9.18. The van der Waals surface area contributed by atoms with Gasteiger partial charge in [0.25, 0.3) is 0 Å². The molecule has 0 N–H and O–H groups in total. The van der Waals surface area contributed by atoms with Crippen LogP contribution in [-0.2, 0) is 0 Å². The molecule has 0 unspecified atom stereocenters. The summed E-state index contributed by atoms with van der Waals surface area (Å²) in [6.07, 6.45) is 0. The summed E-state index contributed by atoms with van der Waals surface area (Å²) >= 11 is 12.6. The zero-order valence-electron chi connectivity index (χ0n) is 3.68. The molecule has 0 saturated heterocycles. The van der Waals surface area contributed by atoms with Crippen molar-refractivity contribution in [2.75, 3.05) is 0 Å². The summed E-state index contributed by atoms with van der Waals surface area (Å²) in [7, 11) is 0. The zero-order valence-corrected chi connectivity index (χ0v) is 7.66. The van der Waals surface area contributed by atoms with Gasteiger partial charge in [-0.2, -0.15) is 0 Å². The van der Waals surface area contributed by atoms with Gasteiger partial charge in [-0.15, -0.1) is 0 Å². The van der Waals surface area contributed by atoms with Crippen LogP contribution in [0.1, 0.15) is 0 Å². The predicted octanol–water partition coefficient (Wildman–Crippen LogP) is 2.54. The zero-order chi connectivity index (χ0) is 7.71. The van der Waals surface area contributed by atoms with E-state index in [2.05, 4.69) is 0 Å². The van der Waals surface area contributed by atoms with Gasteiger partial charge in [-0.25, -0.2) is 0 Å². The van der Waals surface area contributed by atoms with Crippen molar-refractivity contribution in [1.29, 1.82) is 0 Å². The molecule has 9 heavy (non-hydrogen) atoms. The first-order chi connectivity index (χ1) is 3.71. The molecule has 0 radical (unpaired) electrons. The first-order valence-corrected chi connectivity index (χ1v) is 4.39. The van der Waals surface area contributed by atoms with Crippen LogP contribution < -0.4 is 0 Å². The van der Waals surface area contributed by atoms with E-state index in [4.69, 9.17) is 34.8 Å². The van der Waals surface area contributed by atoms with Gasteiger partial charge in [0, 0.05) is 0 Å². The van der Waals surface area contributed by atoms with E-state index in [1.165, 1.54) is 0 Å². The number of hydrogen-bond acceptors (Lipinski definition) is 0. The first kappa shape index (κ1) is 10.2. The molecule has 0 aromatic heterocycles. The summed E-state index contributed by atoms with van der Waals surface area (Å²) in [5, 5.41) is -4.35. The topological polar surface area (TPSA) is 0 Å². The van der Waals surface area contributed by atoms with E-state index in [1.807, 2.05) is 0 Å². The summed E-state index contributed by atoms with van der Waals surface area (Å²) in [5.74, 6) is 0. The minimum absolute atomic E-state index is 1.95. The van der Waals surface area contributed by atoms with Crippen LogP contribution in [0, 0.1) is 0 Å². The van der Waals surface area contributed by atoms with Gasteiger partial charge >= 0.3 is 70.7 Å². The molecule has 0 heterocycles. The normalized spacial score (nSPS) is 14.0. The fourth-order valence-corrected chi connectivity index (χ4v) is 2.05. The Morgan fingerprint density at radius 2 is 1.33 bits per heavy atom. The molecule has 0 aliphatic carbocycles. The van der Waals surface area contributed by atoms with Crippen molar-refractivity contribution in [3.8, 4) is 0 Å². The molecule has 0 nitrogen and oxygen atoms in total. The molecule has 0 amide bonds. The maximum atomic E-state index is 11.3. The van der Waals surface area contributed by atoms with Gasteiger partial charge in [-0.1, -0.05) is 0 Å². The van der Waals surface area contributed by atoms with Crippen molar-refractivity contribution in [3.05, 3.63) is 0 Å². The Balaban J connectivity index is 3.75. The fraction of sp³-hybridized carbons (Fsp3) is 1.00. The molecule has 0 fully saturated rings. The molecule has 0 atom stereocenters. The molecule has 7 heteroatoms. The Morgan fingerprint density at radius 3 is 1.33 bits per heavy atom. The Morgan fingerprint density at radius 1 is 1.00 bits per heavy atom. The Kier molecular flexibility index (Phi) is 3.45. The number of alkyl halides is 6. The van der Waals surface area contributed by atoms with Crippen LogP contribution in [0.15, 0.2) is 0 Å². The van der Waals surface area contributed by atoms with Gasteiger partial charge in [0.1, 0.15) is 0 Å². The molecule has 0 rings (SSSR count). The summed E-state index contributed by atoms with van der Waals surface area (Å²) in [6, 6.07) is 0. The van der Waals surface area contributed by atoms with E-state index in [-0.39, 0.29) is 0 Å². The van der Waals surface area contributed by atoms with Gasteiger partial charge in [0.2, 0.25) is 0 Å². The second-order valence-corrected chi connectivity index (χ2v) is 7.48. The maximum absolute atomic E-state index is 11.3. The molecule has 0 spiro atoms. The average Bonchev–Trinajstić information content (AvgIpc) is 1.14. The number of halogens is 6. The summed E-state index contributed by atoms with van der Waals surface area (Å²) in [5.41, 5.74) is 0. The third-order valence-corrected chi connectivity index (χ3v) is 2.41. The van der Waals surface area contributed by atoms with Crippen LogP contribution in [0.4, 0.5) is 13.2 Å². The molecule has 0 bridgehead atoms. The van der Waals surface area contributed by atoms with Crippen molar-refractivity contribution in [1.82, 2.24) is 0 Å². The monoisotopic (exact) mass is 266 g/mol. The van der Waals surface area contributed by atoms with E-state index < -0.39 is 22.7 Å². The van der Waals surface area contributed by atoms with Crippen molar-refractivity contribution in [2.45, 2.75) is 7.77 Å². The van der Waals surface area contributed by atoms with Crippen LogP contribution in [0.25, 0.3) is 0 Å². The molecule has 0 aromatic rings. The first-order valence-electron chi connectivity index (χ1n) is 1.54. The van der Waals surface area contributed by atoms with Gasteiger partial charge in [0.15, 0.2) is 0 Å². The average molecular weight is 266 g/mol. The molecule has 0 aliphatic rings. The van der Waals surface area contributed by atoms with Crippen molar-refractivity contribution < 1.29 is 13.2 Å². The standard InChI is InChI=1S/C2Cl3F3Se/c3-1(4,5)9-2(6,7)8. The third-order valence-electron chi connectivity index (χ3n) is 0.231. The predicted molar refractivity (Wildman–Crippen MR) is 32.1 cm³/mol. The Hall–Kier alpha value is 1.18. The van der Waals surface area contributed by atoms with Crippen molar-refractivity contribution >= 4 is 49.8 Å². The van der Waals surface area contributed by atoms with Crippen LogP contribution in [0.2, 0.25) is 0 Å². The van der Waals surface area contributed by atoms with Crippen LogP contribution in [-0.4, -0.2) is 22.7 Å². The molecule has 0 saturated carbocycles. The van der Waals surface area contributed by atoms with E-state index in [0.29, 0.717) is 0 Å². The molecule has 0 aliphatic heterocycles. The van der Waals surface area contributed by atoms with Gasteiger partial charge in [0.05, 0.1) is 0 Å². The minimum atomic E-state index is -4.35. The second-order valence-electron chi connectivity index (χ2n) is 0.994. The number of rotatable bonds is 0. The van der Waals surface area contributed by atoms with Crippen molar-refractivity contribution in [2.24, 2.45) is 0 Å². The number of hydrogen-bond donors (Lipinski definition) is 0. The van der Waals surface area contributed by atoms with Crippen LogP contribution in [0.3, 0.4) is 0 Å². The van der Waals surface area contributed by atoms with Gasteiger partial charge in [-0.05, 0) is 0 Å². The molecule has 0 aromatic carbocycles.